The summed E-state index contributed by atoms with van der Waals surface area (Å²) in [6, 6.07) is -0.580. The molecule has 22 heavy (non-hydrogen) atoms. The monoisotopic (exact) mass is 309 g/mol. The van der Waals surface area contributed by atoms with E-state index in [1.54, 1.807) is 4.90 Å². The second-order valence-electron chi connectivity index (χ2n) is 6.24. The van der Waals surface area contributed by atoms with Crippen LogP contribution in [0.3, 0.4) is 0 Å². The van der Waals surface area contributed by atoms with Gasteiger partial charge in [-0.1, -0.05) is 44.6 Å². The van der Waals surface area contributed by atoms with E-state index >= 15 is 0 Å². The largest absolute Gasteiger partial charge is 0.480 e. The summed E-state index contributed by atoms with van der Waals surface area (Å²) < 4.78 is 0. The molecule has 1 atom stereocenters. The summed E-state index contributed by atoms with van der Waals surface area (Å²) in [5.41, 5.74) is 0. The van der Waals surface area contributed by atoms with E-state index in [-0.39, 0.29) is 5.91 Å². The van der Waals surface area contributed by atoms with Crippen LogP contribution in [-0.2, 0) is 9.59 Å². The SMILES string of the molecule is C=CCCCCCCCCCCC(=O)N1CCCC1C(=O)O. The third-order valence-electron chi connectivity index (χ3n) is 4.41. The van der Waals surface area contributed by atoms with Crippen LogP contribution < -0.4 is 0 Å². The Kier molecular flexibility index (Phi) is 9.60. The zero-order valence-electron chi connectivity index (χ0n) is 13.8. The summed E-state index contributed by atoms with van der Waals surface area (Å²) in [4.78, 5) is 24.7. The maximum Gasteiger partial charge on any atom is 0.326 e. The normalized spacial score (nSPS) is 17.6. The first kappa shape index (κ1) is 18.7. The third-order valence-corrected chi connectivity index (χ3v) is 4.41. The van der Waals surface area contributed by atoms with Gasteiger partial charge in [0.05, 0.1) is 0 Å². The Morgan fingerprint density at radius 3 is 2.23 bits per heavy atom. The third kappa shape index (κ3) is 7.10. The van der Waals surface area contributed by atoms with Gasteiger partial charge in [-0.3, -0.25) is 4.79 Å². The second-order valence-corrected chi connectivity index (χ2v) is 6.24. The van der Waals surface area contributed by atoms with Crippen molar-refractivity contribution in [3.05, 3.63) is 12.7 Å². The van der Waals surface area contributed by atoms with Crippen molar-refractivity contribution >= 4 is 11.9 Å². The van der Waals surface area contributed by atoms with Gasteiger partial charge in [-0.15, -0.1) is 6.58 Å². The van der Waals surface area contributed by atoms with Crippen molar-refractivity contribution < 1.29 is 14.7 Å². The lowest BCUT2D eigenvalue weighted by molar-refractivity contribution is -0.148. The highest BCUT2D eigenvalue weighted by Gasteiger charge is 2.33. The Hall–Kier alpha value is -1.32. The lowest BCUT2D eigenvalue weighted by atomic mass is 10.1. The second kappa shape index (κ2) is 11.3. The van der Waals surface area contributed by atoms with Crippen LogP contribution in [-0.4, -0.2) is 34.5 Å². The molecule has 1 rings (SSSR count). The van der Waals surface area contributed by atoms with E-state index in [0.717, 1.165) is 25.7 Å². The van der Waals surface area contributed by atoms with Gasteiger partial charge in [0.2, 0.25) is 5.91 Å². The zero-order chi connectivity index (χ0) is 16.2. The maximum absolute atomic E-state index is 12.1. The van der Waals surface area contributed by atoms with E-state index in [1.807, 2.05) is 6.08 Å². The molecule has 1 aliphatic rings. The summed E-state index contributed by atoms with van der Waals surface area (Å²) in [6.07, 6.45) is 14.5. The van der Waals surface area contributed by atoms with E-state index in [2.05, 4.69) is 6.58 Å². The number of carbonyl (C=O) groups excluding carboxylic acids is 1. The first-order valence-electron chi connectivity index (χ1n) is 8.80. The molecule has 0 aromatic heterocycles. The van der Waals surface area contributed by atoms with Gasteiger partial charge < -0.3 is 10.0 Å². The molecule has 0 aromatic carbocycles. The number of carboxylic acids is 1. The van der Waals surface area contributed by atoms with Crippen LogP contribution in [0.15, 0.2) is 12.7 Å². The molecule has 1 heterocycles. The topological polar surface area (TPSA) is 57.6 Å². The summed E-state index contributed by atoms with van der Waals surface area (Å²) in [5.74, 6) is -0.836. The number of unbranched alkanes of at least 4 members (excludes halogenated alkanes) is 8. The van der Waals surface area contributed by atoms with E-state index < -0.39 is 12.0 Å². The standard InChI is InChI=1S/C18H31NO3/c1-2-3-4-5-6-7-8-9-10-11-14-17(20)19-15-12-13-16(19)18(21)22/h2,16H,1,3-15H2,(H,21,22). The zero-order valence-corrected chi connectivity index (χ0v) is 13.8. The van der Waals surface area contributed by atoms with Crippen LogP contribution in [0.25, 0.3) is 0 Å². The molecule has 0 saturated carbocycles. The molecular formula is C18H31NO3. The molecule has 1 unspecified atom stereocenters. The van der Waals surface area contributed by atoms with Crippen LogP contribution in [0.1, 0.15) is 77.0 Å². The van der Waals surface area contributed by atoms with Gasteiger partial charge in [0, 0.05) is 13.0 Å². The first-order valence-corrected chi connectivity index (χ1v) is 8.80. The summed E-state index contributed by atoms with van der Waals surface area (Å²) in [6.45, 7) is 4.33. The fourth-order valence-corrected chi connectivity index (χ4v) is 3.09. The number of allylic oxidation sites excluding steroid dienone is 1. The van der Waals surface area contributed by atoms with Gasteiger partial charge in [0.15, 0.2) is 0 Å². The van der Waals surface area contributed by atoms with E-state index in [1.165, 1.54) is 38.5 Å². The molecule has 1 saturated heterocycles. The number of aliphatic carboxylic acids is 1. The maximum atomic E-state index is 12.1. The predicted octanol–water partition coefficient (Wildman–Crippen LogP) is 4.15. The molecule has 0 radical (unpaired) electrons. The summed E-state index contributed by atoms with van der Waals surface area (Å²) in [7, 11) is 0. The Morgan fingerprint density at radius 2 is 1.64 bits per heavy atom. The highest BCUT2D eigenvalue weighted by atomic mass is 16.4. The molecule has 4 nitrogen and oxygen atoms in total. The molecule has 1 amide bonds. The molecule has 0 bridgehead atoms. The smallest absolute Gasteiger partial charge is 0.326 e. The molecule has 1 aliphatic heterocycles. The van der Waals surface area contributed by atoms with Crippen LogP contribution in [0.5, 0.6) is 0 Å². The Labute approximate surface area is 134 Å². The van der Waals surface area contributed by atoms with E-state index in [4.69, 9.17) is 5.11 Å². The Balaban J connectivity index is 1.99. The number of carboxylic acid groups (broad SMARTS) is 1. The molecule has 0 aliphatic carbocycles. The minimum Gasteiger partial charge on any atom is -0.480 e. The van der Waals surface area contributed by atoms with Gasteiger partial charge in [-0.05, 0) is 32.1 Å². The van der Waals surface area contributed by atoms with Crippen molar-refractivity contribution in [3.63, 3.8) is 0 Å². The highest BCUT2D eigenvalue weighted by Crippen LogP contribution is 2.19. The molecule has 0 aromatic rings. The average Bonchev–Trinajstić information content (AvgIpc) is 2.99. The van der Waals surface area contributed by atoms with Crippen LogP contribution in [0, 0.1) is 0 Å². The van der Waals surface area contributed by atoms with Crippen LogP contribution in [0.4, 0.5) is 0 Å². The fourth-order valence-electron chi connectivity index (χ4n) is 3.09. The molecule has 1 N–H and O–H groups in total. The fraction of sp³-hybridized carbons (Fsp3) is 0.778. The number of nitrogens with zero attached hydrogens (tertiary/aromatic N) is 1. The van der Waals surface area contributed by atoms with Crippen LogP contribution >= 0.6 is 0 Å². The van der Waals surface area contributed by atoms with Crippen molar-refractivity contribution in [3.8, 4) is 0 Å². The highest BCUT2D eigenvalue weighted by molar-refractivity contribution is 5.84. The molecule has 0 spiro atoms. The number of hydrogen-bond acceptors (Lipinski definition) is 2. The summed E-state index contributed by atoms with van der Waals surface area (Å²) in [5, 5.41) is 9.08. The van der Waals surface area contributed by atoms with Crippen molar-refractivity contribution in [2.75, 3.05) is 6.54 Å². The van der Waals surface area contributed by atoms with Crippen LogP contribution in [0.2, 0.25) is 0 Å². The van der Waals surface area contributed by atoms with E-state index in [0.29, 0.717) is 19.4 Å². The number of rotatable bonds is 12. The van der Waals surface area contributed by atoms with Crippen molar-refractivity contribution in [2.24, 2.45) is 0 Å². The lowest BCUT2D eigenvalue weighted by Crippen LogP contribution is -2.40. The molecule has 4 heteroatoms. The predicted molar refractivity (Wildman–Crippen MR) is 88.7 cm³/mol. The number of carbonyl (C=O) groups is 2. The minimum absolute atomic E-state index is 0.0225. The lowest BCUT2D eigenvalue weighted by Gasteiger charge is -2.21. The Bertz CT molecular complexity index is 354. The average molecular weight is 309 g/mol. The minimum atomic E-state index is -0.859. The number of hydrogen-bond donors (Lipinski definition) is 1. The first-order chi connectivity index (χ1) is 10.7. The number of amides is 1. The van der Waals surface area contributed by atoms with Crippen molar-refractivity contribution in [1.82, 2.24) is 4.90 Å². The van der Waals surface area contributed by atoms with Crippen molar-refractivity contribution in [1.29, 1.82) is 0 Å². The van der Waals surface area contributed by atoms with Gasteiger partial charge in [-0.2, -0.15) is 0 Å². The summed E-state index contributed by atoms with van der Waals surface area (Å²) >= 11 is 0. The van der Waals surface area contributed by atoms with Crippen molar-refractivity contribution in [2.45, 2.75) is 83.1 Å². The molecular weight excluding hydrogens is 278 g/mol. The quantitative estimate of drug-likeness (QED) is 0.435. The molecule has 126 valence electrons. The van der Waals surface area contributed by atoms with E-state index in [9.17, 15) is 9.59 Å². The van der Waals surface area contributed by atoms with Gasteiger partial charge in [0.1, 0.15) is 6.04 Å². The van der Waals surface area contributed by atoms with Gasteiger partial charge in [0.25, 0.3) is 0 Å². The Morgan fingerprint density at radius 1 is 1.05 bits per heavy atom. The number of likely N-dealkylation sites (tertiary alicyclic amines) is 1. The van der Waals surface area contributed by atoms with Gasteiger partial charge >= 0.3 is 5.97 Å². The van der Waals surface area contributed by atoms with Gasteiger partial charge in [-0.25, -0.2) is 4.79 Å². The molecule has 1 fully saturated rings.